The smallest absolute Gasteiger partial charge is 0.410 e. The van der Waals surface area contributed by atoms with Crippen LogP contribution in [0.25, 0.3) is 0 Å². The molecule has 2 heterocycles. The number of carbonyl (C=O) groups excluding carboxylic acids is 2. The maximum atomic E-state index is 12.7. The van der Waals surface area contributed by atoms with Crippen molar-refractivity contribution in [3.8, 4) is 5.40 Å². The van der Waals surface area contributed by atoms with E-state index in [1.54, 1.807) is 29.2 Å². The Balaban J connectivity index is 1.71. The van der Waals surface area contributed by atoms with Gasteiger partial charge in [0.05, 0.1) is 6.54 Å². The van der Waals surface area contributed by atoms with Crippen LogP contribution in [0.4, 0.5) is 10.5 Å². The number of thioether (sulfide) groups is 1. The highest BCUT2D eigenvalue weighted by Gasteiger charge is 2.30. The number of nitriles is 1. The Kier molecular flexibility index (Phi) is 5.61. The van der Waals surface area contributed by atoms with Crippen LogP contribution in [0.3, 0.4) is 0 Å². The number of thiocyanates is 1. The standard InChI is InChI=1S/C19H21N5O3S/c1-19(2,3)27-18(26)24-9-8-15-14(10-24)16(23-22-15)17(25)21-12-4-6-13(7-5-12)28-11-20/h4-7H,8-10H2,1-3H3,(H,21,25)(H,22,23). The summed E-state index contributed by atoms with van der Waals surface area (Å²) in [5, 5.41) is 20.5. The monoisotopic (exact) mass is 399 g/mol. The van der Waals surface area contributed by atoms with E-state index in [0.29, 0.717) is 24.2 Å². The molecule has 146 valence electrons. The Morgan fingerprint density at radius 3 is 2.68 bits per heavy atom. The minimum Gasteiger partial charge on any atom is -0.444 e. The average molecular weight is 399 g/mol. The molecule has 8 nitrogen and oxygen atoms in total. The third kappa shape index (κ3) is 4.64. The lowest BCUT2D eigenvalue weighted by atomic mass is 10.1. The van der Waals surface area contributed by atoms with Crippen LogP contribution >= 0.6 is 11.8 Å². The minimum absolute atomic E-state index is 0.263. The van der Waals surface area contributed by atoms with Crippen LogP contribution < -0.4 is 5.32 Å². The molecule has 3 rings (SSSR count). The van der Waals surface area contributed by atoms with Gasteiger partial charge < -0.3 is 15.0 Å². The molecule has 1 aromatic heterocycles. The van der Waals surface area contributed by atoms with E-state index in [2.05, 4.69) is 15.5 Å². The molecular weight excluding hydrogens is 378 g/mol. The second kappa shape index (κ2) is 7.94. The fraction of sp³-hybridized carbons (Fsp3) is 0.368. The van der Waals surface area contributed by atoms with Crippen molar-refractivity contribution in [1.29, 1.82) is 5.26 Å². The fourth-order valence-corrected chi connectivity index (χ4v) is 3.19. The first kappa shape index (κ1) is 19.8. The predicted molar refractivity (Wildman–Crippen MR) is 105 cm³/mol. The number of ether oxygens (including phenoxy) is 1. The number of aromatic nitrogens is 2. The van der Waals surface area contributed by atoms with Crippen LogP contribution in [0.2, 0.25) is 0 Å². The van der Waals surface area contributed by atoms with Gasteiger partial charge in [-0.15, -0.1) is 0 Å². The summed E-state index contributed by atoms with van der Waals surface area (Å²) in [6.45, 7) is 6.22. The van der Waals surface area contributed by atoms with Crippen molar-refractivity contribution in [3.63, 3.8) is 0 Å². The van der Waals surface area contributed by atoms with Crippen molar-refractivity contribution in [2.24, 2.45) is 0 Å². The van der Waals surface area contributed by atoms with E-state index in [-0.39, 0.29) is 18.1 Å². The van der Waals surface area contributed by atoms with Crippen LogP contribution in [0, 0.1) is 10.7 Å². The summed E-state index contributed by atoms with van der Waals surface area (Å²) in [4.78, 5) is 27.4. The third-order valence-electron chi connectivity index (χ3n) is 4.08. The molecule has 1 aromatic carbocycles. The second-order valence-corrected chi connectivity index (χ2v) is 8.21. The zero-order chi connectivity index (χ0) is 20.3. The number of nitrogens with one attached hydrogen (secondary N) is 2. The van der Waals surface area contributed by atoms with Crippen LogP contribution in [-0.2, 0) is 17.7 Å². The van der Waals surface area contributed by atoms with Gasteiger partial charge in [-0.1, -0.05) is 0 Å². The lowest BCUT2D eigenvalue weighted by molar-refractivity contribution is 0.0222. The van der Waals surface area contributed by atoms with E-state index in [0.717, 1.165) is 22.4 Å². The van der Waals surface area contributed by atoms with Crippen molar-refractivity contribution in [2.75, 3.05) is 11.9 Å². The number of carbonyl (C=O) groups is 2. The van der Waals surface area contributed by atoms with E-state index in [4.69, 9.17) is 10.00 Å². The molecule has 0 atom stereocenters. The summed E-state index contributed by atoms with van der Waals surface area (Å²) in [6.07, 6.45) is 0.172. The molecule has 2 N–H and O–H groups in total. The Labute approximate surface area is 167 Å². The molecule has 0 bridgehead atoms. The van der Waals surface area contributed by atoms with Gasteiger partial charge in [-0.2, -0.15) is 10.4 Å². The molecule has 2 amide bonds. The molecule has 1 aliphatic heterocycles. The summed E-state index contributed by atoms with van der Waals surface area (Å²) in [5.74, 6) is -0.357. The van der Waals surface area contributed by atoms with Gasteiger partial charge >= 0.3 is 6.09 Å². The maximum absolute atomic E-state index is 12.7. The number of benzene rings is 1. The van der Waals surface area contributed by atoms with Gasteiger partial charge in [-0.25, -0.2) is 4.79 Å². The second-order valence-electron chi connectivity index (χ2n) is 7.35. The van der Waals surface area contributed by atoms with Crippen LogP contribution in [0.1, 0.15) is 42.5 Å². The first-order valence-electron chi connectivity index (χ1n) is 8.78. The lowest BCUT2D eigenvalue weighted by Gasteiger charge is -2.30. The average Bonchev–Trinajstić information content (AvgIpc) is 3.05. The fourth-order valence-electron chi connectivity index (χ4n) is 2.81. The van der Waals surface area contributed by atoms with Gasteiger partial charge in [0.25, 0.3) is 5.91 Å². The number of amides is 2. The van der Waals surface area contributed by atoms with Crippen molar-refractivity contribution in [1.82, 2.24) is 15.1 Å². The van der Waals surface area contributed by atoms with Gasteiger partial charge in [0.15, 0.2) is 5.69 Å². The number of aromatic amines is 1. The Morgan fingerprint density at radius 2 is 2.04 bits per heavy atom. The highest BCUT2D eigenvalue weighted by Crippen LogP contribution is 2.24. The quantitative estimate of drug-likeness (QED) is 0.603. The highest BCUT2D eigenvalue weighted by atomic mass is 32.2. The Bertz CT molecular complexity index is 925. The van der Waals surface area contributed by atoms with Gasteiger partial charge in [-0.05, 0) is 56.8 Å². The number of H-pyrrole nitrogens is 1. The number of rotatable bonds is 3. The molecule has 0 fully saturated rings. The zero-order valence-electron chi connectivity index (χ0n) is 15.9. The Morgan fingerprint density at radius 1 is 1.32 bits per heavy atom. The van der Waals surface area contributed by atoms with Gasteiger partial charge in [0.1, 0.15) is 11.0 Å². The molecule has 9 heteroatoms. The summed E-state index contributed by atoms with van der Waals surface area (Å²) < 4.78 is 5.43. The molecule has 2 aromatic rings. The van der Waals surface area contributed by atoms with Gasteiger partial charge in [-0.3, -0.25) is 9.89 Å². The molecule has 0 saturated heterocycles. The van der Waals surface area contributed by atoms with Crippen LogP contribution in [0.5, 0.6) is 0 Å². The third-order valence-corrected chi connectivity index (χ3v) is 4.68. The Hall–Kier alpha value is -2.99. The zero-order valence-corrected chi connectivity index (χ0v) is 16.7. The molecule has 0 unspecified atom stereocenters. The molecule has 1 aliphatic rings. The highest BCUT2D eigenvalue weighted by molar-refractivity contribution is 8.03. The number of anilines is 1. The summed E-state index contributed by atoms with van der Waals surface area (Å²) >= 11 is 1.05. The lowest BCUT2D eigenvalue weighted by Crippen LogP contribution is -2.40. The largest absolute Gasteiger partial charge is 0.444 e. The van der Waals surface area contributed by atoms with Crippen molar-refractivity contribution >= 4 is 29.4 Å². The van der Waals surface area contributed by atoms with Gasteiger partial charge in [0, 0.05) is 34.8 Å². The van der Waals surface area contributed by atoms with E-state index < -0.39 is 11.7 Å². The van der Waals surface area contributed by atoms with Crippen molar-refractivity contribution in [2.45, 2.75) is 44.2 Å². The summed E-state index contributed by atoms with van der Waals surface area (Å²) in [5.41, 5.74) is 1.84. The minimum atomic E-state index is -0.579. The van der Waals surface area contributed by atoms with E-state index in [1.165, 1.54) is 0 Å². The number of hydrogen-bond acceptors (Lipinski definition) is 6. The van der Waals surface area contributed by atoms with Crippen LogP contribution in [0.15, 0.2) is 29.2 Å². The summed E-state index contributed by atoms with van der Waals surface area (Å²) in [7, 11) is 0. The molecule has 28 heavy (non-hydrogen) atoms. The van der Waals surface area contributed by atoms with E-state index in [9.17, 15) is 9.59 Å². The van der Waals surface area contributed by atoms with E-state index >= 15 is 0 Å². The summed E-state index contributed by atoms with van der Waals surface area (Å²) in [6, 6.07) is 6.97. The number of nitrogens with zero attached hydrogens (tertiary/aromatic N) is 3. The molecule has 0 radical (unpaired) electrons. The van der Waals surface area contributed by atoms with Gasteiger partial charge in [0.2, 0.25) is 0 Å². The predicted octanol–water partition coefficient (Wildman–Crippen LogP) is 3.53. The molecule has 0 saturated carbocycles. The molecule has 0 aliphatic carbocycles. The van der Waals surface area contributed by atoms with Crippen LogP contribution in [-0.4, -0.2) is 39.2 Å². The molecule has 0 spiro atoms. The number of hydrogen-bond donors (Lipinski definition) is 2. The van der Waals surface area contributed by atoms with Crippen molar-refractivity contribution < 1.29 is 14.3 Å². The SMILES string of the molecule is CC(C)(C)OC(=O)N1CCc2[nH]nc(C(=O)Nc3ccc(SC#N)cc3)c2C1. The first-order chi connectivity index (χ1) is 13.3. The maximum Gasteiger partial charge on any atom is 0.410 e. The van der Waals surface area contributed by atoms with E-state index in [1.807, 2.05) is 26.2 Å². The molecular formula is C19H21N5O3S. The topological polar surface area (TPSA) is 111 Å². The normalized spacial score (nSPS) is 13.4. The number of fused-ring (bicyclic) bond motifs is 1. The first-order valence-corrected chi connectivity index (χ1v) is 9.60. The van der Waals surface area contributed by atoms with Crippen molar-refractivity contribution in [3.05, 3.63) is 41.2 Å².